The van der Waals surface area contributed by atoms with E-state index in [2.05, 4.69) is 0 Å². The van der Waals surface area contributed by atoms with Crippen LogP contribution in [0.5, 0.6) is 0 Å². The lowest BCUT2D eigenvalue weighted by Gasteiger charge is -2.06. The normalized spacial score (nSPS) is 10.4. The Bertz CT molecular complexity index is 706. The van der Waals surface area contributed by atoms with Crippen LogP contribution < -0.4 is 5.84 Å². The summed E-state index contributed by atoms with van der Waals surface area (Å²) in [5.41, 5.74) is 1.36. The number of nitrogens with two attached hydrogens (primary N) is 1. The molecule has 2 aromatic rings. The van der Waals surface area contributed by atoms with E-state index in [1.807, 2.05) is 0 Å². The highest BCUT2D eigenvalue weighted by atomic mass is 16.6. The molecule has 1 heterocycles. The number of ether oxygens (including phenoxy) is 1. The van der Waals surface area contributed by atoms with Crippen molar-refractivity contribution >= 4 is 11.7 Å². The number of rotatable bonds is 4. The number of aromatic nitrogens is 1. The van der Waals surface area contributed by atoms with Crippen molar-refractivity contribution in [2.24, 2.45) is 0 Å². The molecule has 0 radical (unpaired) electrons. The molecule has 0 saturated heterocycles. The van der Waals surface area contributed by atoms with E-state index in [-0.39, 0.29) is 17.9 Å². The van der Waals surface area contributed by atoms with E-state index in [0.717, 1.165) is 0 Å². The van der Waals surface area contributed by atoms with Crippen molar-refractivity contribution in [3.05, 3.63) is 51.8 Å². The molecule has 0 aliphatic heterocycles. The van der Waals surface area contributed by atoms with Crippen LogP contribution in [-0.4, -0.2) is 22.2 Å². The third-order valence-corrected chi connectivity index (χ3v) is 3.16. The van der Waals surface area contributed by atoms with E-state index < -0.39 is 10.9 Å². The highest BCUT2D eigenvalue weighted by Gasteiger charge is 2.25. The Kier molecular flexibility index (Phi) is 3.93. The lowest BCUT2D eigenvalue weighted by molar-refractivity contribution is -0.384. The number of hydrogen-bond acceptors (Lipinski definition) is 5. The number of nitrogen functional groups attached to an aromatic ring is 1. The molecule has 0 fully saturated rings. The van der Waals surface area contributed by atoms with Crippen LogP contribution in [0.4, 0.5) is 5.69 Å². The van der Waals surface area contributed by atoms with E-state index >= 15 is 0 Å². The highest BCUT2D eigenvalue weighted by Crippen LogP contribution is 2.34. The number of hydrogen-bond donors (Lipinski definition) is 1. The van der Waals surface area contributed by atoms with E-state index in [9.17, 15) is 14.9 Å². The van der Waals surface area contributed by atoms with Gasteiger partial charge < -0.3 is 10.6 Å². The molecular formula is C14H15N3O4. The second-order valence-corrected chi connectivity index (χ2v) is 4.41. The van der Waals surface area contributed by atoms with Crippen LogP contribution in [-0.2, 0) is 4.74 Å². The van der Waals surface area contributed by atoms with Crippen LogP contribution in [0.25, 0.3) is 11.1 Å². The fraction of sp³-hybridized carbons (Fsp3) is 0.214. The van der Waals surface area contributed by atoms with E-state index in [4.69, 9.17) is 10.6 Å². The lowest BCUT2D eigenvalue weighted by atomic mass is 10.0. The summed E-state index contributed by atoms with van der Waals surface area (Å²) in [5.74, 6) is 5.23. The molecule has 0 unspecified atom stereocenters. The maximum absolute atomic E-state index is 12.1. The molecule has 2 N–H and O–H groups in total. The molecule has 7 nitrogen and oxygen atoms in total. The molecule has 0 aliphatic carbocycles. The van der Waals surface area contributed by atoms with Gasteiger partial charge in [0.25, 0.3) is 5.69 Å². The summed E-state index contributed by atoms with van der Waals surface area (Å²) in [6.45, 7) is 3.56. The molecule has 0 atom stereocenters. The number of nitrogens with zero attached hydrogens (tertiary/aromatic N) is 2. The number of nitro groups is 1. The van der Waals surface area contributed by atoms with Gasteiger partial charge in [0.05, 0.1) is 28.4 Å². The van der Waals surface area contributed by atoms with Crippen LogP contribution in [0.3, 0.4) is 0 Å². The number of para-hydroxylation sites is 1. The summed E-state index contributed by atoms with van der Waals surface area (Å²) in [6, 6.07) is 6.20. The first-order chi connectivity index (χ1) is 9.97. The van der Waals surface area contributed by atoms with Crippen LogP contribution in [0.15, 0.2) is 30.5 Å². The van der Waals surface area contributed by atoms with Gasteiger partial charge in [-0.3, -0.25) is 14.8 Å². The first kappa shape index (κ1) is 14.6. The second kappa shape index (κ2) is 5.66. The lowest BCUT2D eigenvalue weighted by Crippen LogP contribution is -2.11. The quantitative estimate of drug-likeness (QED) is 0.402. The van der Waals surface area contributed by atoms with Crippen molar-refractivity contribution in [3.8, 4) is 11.1 Å². The number of nitro benzene ring substituents is 1. The van der Waals surface area contributed by atoms with Crippen molar-refractivity contribution in [2.45, 2.75) is 13.8 Å². The van der Waals surface area contributed by atoms with Crippen molar-refractivity contribution in [2.75, 3.05) is 12.4 Å². The van der Waals surface area contributed by atoms with Crippen molar-refractivity contribution in [1.29, 1.82) is 0 Å². The third kappa shape index (κ3) is 2.58. The zero-order valence-electron chi connectivity index (χ0n) is 11.7. The molecule has 0 aliphatic rings. The molecule has 7 heteroatoms. The smallest absolute Gasteiger partial charge is 0.340 e. The van der Waals surface area contributed by atoms with Gasteiger partial charge in [0.1, 0.15) is 0 Å². The van der Waals surface area contributed by atoms with Crippen LogP contribution in [0.2, 0.25) is 0 Å². The summed E-state index contributed by atoms with van der Waals surface area (Å²) in [6.07, 6.45) is 1.49. The summed E-state index contributed by atoms with van der Waals surface area (Å²) < 4.78 is 6.27. The first-order valence-corrected chi connectivity index (χ1v) is 6.35. The average Bonchev–Trinajstić information content (AvgIpc) is 2.75. The monoisotopic (exact) mass is 289 g/mol. The maximum Gasteiger partial charge on any atom is 0.340 e. The van der Waals surface area contributed by atoms with E-state index in [1.54, 1.807) is 32.0 Å². The molecule has 1 aromatic carbocycles. The molecule has 2 rings (SSSR count). The number of carbonyl (C=O) groups excluding carboxylic acids is 1. The zero-order valence-corrected chi connectivity index (χ0v) is 11.7. The van der Waals surface area contributed by atoms with Crippen molar-refractivity contribution in [1.82, 2.24) is 4.68 Å². The predicted octanol–water partition coefficient (Wildman–Crippen LogP) is 2.26. The number of carbonyl (C=O) groups is 1. The SMILES string of the molecule is CCOC(=O)c1c(-c2ccccc2[N+](=O)[O-])cn(N)c1C. The van der Waals surface area contributed by atoms with Crippen LogP contribution in [0, 0.1) is 17.0 Å². The van der Waals surface area contributed by atoms with E-state index in [0.29, 0.717) is 16.8 Å². The minimum Gasteiger partial charge on any atom is -0.462 e. The molecule has 21 heavy (non-hydrogen) atoms. The minimum absolute atomic E-state index is 0.0892. The van der Waals surface area contributed by atoms with Crippen molar-refractivity contribution in [3.63, 3.8) is 0 Å². The molecular weight excluding hydrogens is 274 g/mol. The topological polar surface area (TPSA) is 100 Å². The molecule has 0 spiro atoms. The van der Waals surface area contributed by atoms with Crippen molar-refractivity contribution < 1.29 is 14.5 Å². The Morgan fingerprint density at radius 2 is 2.05 bits per heavy atom. The van der Waals surface area contributed by atoms with Crippen LogP contribution >= 0.6 is 0 Å². The van der Waals surface area contributed by atoms with Gasteiger partial charge in [0.2, 0.25) is 0 Å². The first-order valence-electron chi connectivity index (χ1n) is 6.35. The highest BCUT2D eigenvalue weighted by molar-refractivity contribution is 6.00. The summed E-state index contributed by atoms with van der Waals surface area (Å²) in [4.78, 5) is 22.7. The van der Waals surface area contributed by atoms with Gasteiger partial charge in [-0.05, 0) is 19.9 Å². The summed E-state index contributed by atoms with van der Waals surface area (Å²) in [5, 5.41) is 11.1. The maximum atomic E-state index is 12.1. The minimum atomic E-state index is -0.549. The largest absolute Gasteiger partial charge is 0.462 e. The number of esters is 1. The fourth-order valence-corrected chi connectivity index (χ4v) is 2.15. The standard InChI is InChI=1S/C14H15N3O4/c1-3-21-14(18)13-9(2)16(15)8-11(13)10-6-4-5-7-12(10)17(19)20/h4-8H,3,15H2,1-2H3. The Labute approximate surface area is 121 Å². The number of benzene rings is 1. The van der Waals surface area contributed by atoms with Gasteiger partial charge in [0, 0.05) is 17.8 Å². The Balaban J connectivity index is 2.68. The molecule has 110 valence electrons. The summed E-state index contributed by atoms with van der Waals surface area (Å²) in [7, 11) is 0. The Hall–Kier alpha value is -2.83. The van der Waals surface area contributed by atoms with Gasteiger partial charge in [-0.1, -0.05) is 12.1 Å². The van der Waals surface area contributed by atoms with Gasteiger partial charge in [-0.15, -0.1) is 0 Å². The Morgan fingerprint density at radius 1 is 1.38 bits per heavy atom. The fourth-order valence-electron chi connectivity index (χ4n) is 2.15. The van der Waals surface area contributed by atoms with Gasteiger partial charge in [-0.25, -0.2) is 4.79 Å². The van der Waals surface area contributed by atoms with Gasteiger partial charge >= 0.3 is 5.97 Å². The molecule has 1 aromatic heterocycles. The third-order valence-electron chi connectivity index (χ3n) is 3.16. The Morgan fingerprint density at radius 3 is 2.67 bits per heavy atom. The molecule has 0 bridgehead atoms. The van der Waals surface area contributed by atoms with E-state index in [1.165, 1.54) is 16.9 Å². The van der Waals surface area contributed by atoms with Crippen LogP contribution in [0.1, 0.15) is 23.0 Å². The molecule has 0 saturated carbocycles. The summed E-state index contributed by atoms with van der Waals surface area (Å²) >= 11 is 0. The average molecular weight is 289 g/mol. The predicted molar refractivity (Wildman–Crippen MR) is 77.4 cm³/mol. The van der Waals surface area contributed by atoms with Gasteiger partial charge in [-0.2, -0.15) is 0 Å². The zero-order chi connectivity index (χ0) is 15.6. The van der Waals surface area contributed by atoms with Gasteiger partial charge in [0.15, 0.2) is 0 Å². The second-order valence-electron chi connectivity index (χ2n) is 4.41. The molecule has 0 amide bonds.